The standard InChI is InChI=1S/C7H8F2N2O2/c1-11-4-10-3-5(11)2-7(8,9)6(12)13/h3-4H,2H2,1H3,(H,12,13). The van der Waals surface area contributed by atoms with Crippen molar-refractivity contribution in [1.29, 1.82) is 0 Å². The van der Waals surface area contributed by atoms with Gasteiger partial charge in [-0.05, 0) is 0 Å². The van der Waals surface area contributed by atoms with Crippen LogP contribution in [0.5, 0.6) is 0 Å². The Labute approximate surface area is 72.8 Å². The molecule has 0 radical (unpaired) electrons. The molecular formula is C7H8F2N2O2. The topological polar surface area (TPSA) is 55.1 Å². The zero-order valence-corrected chi connectivity index (χ0v) is 6.87. The first-order valence-electron chi connectivity index (χ1n) is 3.50. The number of carboxylic acid groups (broad SMARTS) is 1. The molecule has 0 aliphatic heterocycles. The largest absolute Gasteiger partial charge is 0.477 e. The summed E-state index contributed by atoms with van der Waals surface area (Å²) in [5.74, 6) is -5.85. The van der Waals surface area contributed by atoms with Crippen molar-refractivity contribution < 1.29 is 18.7 Å². The second-order valence-corrected chi connectivity index (χ2v) is 2.68. The van der Waals surface area contributed by atoms with E-state index < -0.39 is 18.3 Å². The molecule has 0 fully saturated rings. The van der Waals surface area contributed by atoms with Crippen molar-refractivity contribution in [3.05, 3.63) is 18.2 Å². The molecule has 0 aromatic carbocycles. The van der Waals surface area contributed by atoms with Crippen LogP contribution >= 0.6 is 0 Å². The number of nitrogens with zero attached hydrogens (tertiary/aromatic N) is 2. The smallest absolute Gasteiger partial charge is 0.374 e. The molecule has 6 heteroatoms. The van der Waals surface area contributed by atoms with Gasteiger partial charge in [0.25, 0.3) is 0 Å². The van der Waals surface area contributed by atoms with Gasteiger partial charge in [-0.2, -0.15) is 8.78 Å². The highest BCUT2D eigenvalue weighted by Crippen LogP contribution is 2.19. The van der Waals surface area contributed by atoms with Crippen LogP contribution in [0.3, 0.4) is 0 Å². The molecular weight excluding hydrogens is 182 g/mol. The molecule has 4 nitrogen and oxygen atoms in total. The Bertz CT molecular complexity index is 322. The second kappa shape index (κ2) is 3.12. The van der Waals surface area contributed by atoms with Crippen molar-refractivity contribution in [2.24, 2.45) is 7.05 Å². The van der Waals surface area contributed by atoms with E-state index in [1.807, 2.05) is 0 Å². The van der Waals surface area contributed by atoms with E-state index in [1.54, 1.807) is 0 Å². The fourth-order valence-electron chi connectivity index (χ4n) is 0.858. The van der Waals surface area contributed by atoms with Gasteiger partial charge < -0.3 is 9.67 Å². The SMILES string of the molecule is Cn1cncc1CC(F)(F)C(=O)O. The van der Waals surface area contributed by atoms with Crippen molar-refractivity contribution in [2.75, 3.05) is 0 Å². The lowest BCUT2D eigenvalue weighted by Gasteiger charge is -2.10. The van der Waals surface area contributed by atoms with Gasteiger partial charge >= 0.3 is 11.9 Å². The maximum absolute atomic E-state index is 12.6. The lowest BCUT2D eigenvalue weighted by atomic mass is 10.2. The normalized spacial score (nSPS) is 11.6. The van der Waals surface area contributed by atoms with E-state index in [1.165, 1.54) is 24.1 Å². The third-order valence-corrected chi connectivity index (χ3v) is 1.63. The number of halogens is 2. The Kier molecular flexibility index (Phi) is 2.31. The lowest BCUT2D eigenvalue weighted by molar-refractivity contribution is -0.164. The summed E-state index contributed by atoms with van der Waals surface area (Å²) in [4.78, 5) is 13.7. The lowest BCUT2D eigenvalue weighted by Crippen LogP contribution is -2.31. The van der Waals surface area contributed by atoms with Crippen LogP contribution in [0.4, 0.5) is 8.78 Å². The van der Waals surface area contributed by atoms with Crippen molar-refractivity contribution in [2.45, 2.75) is 12.3 Å². The molecule has 1 N–H and O–H groups in total. The molecule has 1 rings (SSSR count). The maximum Gasteiger partial charge on any atom is 0.374 e. The van der Waals surface area contributed by atoms with Gasteiger partial charge in [0.15, 0.2) is 0 Å². The summed E-state index contributed by atoms with van der Waals surface area (Å²) in [6.45, 7) is 0. The molecule has 0 aliphatic rings. The summed E-state index contributed by atoms with van der Waals surface area (Å²) in [5, 5.41) is 8.15. The molecule has 1 aromatic heterocycles. The highest BCUT2D eigenvalue weighted by Gasteiger charge is 2.39. The van der Waals surface area contributed by atoms with Crippen LogP contribution in [-0.4, -0.2) is 26.5 Å². The quantitative estimate of drug-likeness (QED) is 0.762. The van der Waals surface area contributed by atoms with Crippen LogP contribution in [0.25, 0.3) is 0 Å². The third-order valence-electron chi connectivity index (χ3n) is 1.63. The minimum atomic E-state index is -3.73. The Morgan fingerprint density at radius 2 is 2.38 bits per heavy atom. The van der Waals surface area contributed by atoms with E-state index >= 15 is 0 Å². The average molecular weight is 190 g/mol. The number of rotatable bonds is 3. The van der Waals surface area contributed by atoms with E-state index in [4.69, 9.17) is 5.11 Å². The number of aromatic nitrogens is 2. The molecule has 0 saturated carbocycles. The van der Waals surface area contributed by atoms with Gasteiger partial charge in [-0.3, -0.25) is 0 Å². The summed E-state index contributed by atoms with van der Waals surface area (Å²) in [6, 6.07) is 0. The molecule has 0 saturated heterocycles. The van der Waals surface area contributed by atoms with Crippen LogP contribution in [0, 0.1) is 0 Å². The first-order chi connectivity index (χ1) is 5.93. The Balaban J connectivity index is 2.80. The van der Waals surface area contributed by atoms with Crippen LogP contribution in [0.1, 0.15) is 5.69 Å². The molecule has 72 valence electrons. The molecule has 0 spiro atoms. The van der Waals surface area contributed by atoms with Gasteiger partial charge in [0.1, 0.15) is 0 Å². The number of aliphatic carboxylic acids is 1. The number of imidazole rings is 1. The van der Waals surface area contributed by atoms with Crippen LogP contribution < -0.4 is 0 Å². The van der Waals surface area contributed by atoms with E-state index in [0.29, 0.717) is 0 Å². The van der Waals surface area contributed by atoms with Gasteiger partial charge in [-0.1, -0.05) is 0 Å². The number of carboxylic acids is 1. The monoisotopic (exact) mass is 190 g/mol. The molecule has 0 bridgehead atoms. The summed E-state index contributed by atoms with van der Waals surface area (Å²) >= 11 is 0. The molecule has 13 heavy (non-hydrogen) atoms. The average Bonchev–Trinajstić information content (AvgIpc) is 2.35. The van der Waals surface area contributed by atoms with Gasteiger partial charge in [0.05, 0.1) is 12.7 Å². The molecule has 0 unspecified atom stereocenters. The summed E-state index contributed by atoms with van der Waals surface area (Å²) < 4.78 is 26.7. The zero-order valence-electron chi connectivity index (χ0n) is 6.87. The summed E-state index contributed by atoms with van der Waals surface area (Å²) in [6.07, 6.45) is 1.73. The first-order valence-corrected chi connectivity index (χ1v) is 3.50. The van der Waals surface area contributed by atoms with E-state index in [2.05, 4.69) is 4.98 Å². The van der Waals surface area contributed by atoms with Crippen LogP contribution in [0.2, 0.25) is 0 Å². The predicted molar refractivity (Wildman–Crippen MR) is 39.5 cm³/mol. The number of alkyl halides is 2. The highest BCUT2D eigenvalue weighted by molar-refractivity contribution is 5.75. The molecule has 0 atom stereocenters. The van der Waals surface area contributed by atoms with Gasteiger partial charge in [-0.15, -0.1) is 0 Å². The minimum absolute atomic E-state index is 0.187. The van der Waals surface area contributed by atoms with Crippen LogP contribution in [0.15, 0.2) is 12.5 Å². The number of hydrogen-bond acceptors (Lipinski definition) is 2. The maximum atomic E-state index is 12.6. The second-order valence-electron chi connectivity index (χ2n) is 2.68. The summed E-state index contributed by atoms with van der Waals surface area (Å²) in [5.41, 5.74) is 0.187. The van der Waals surface area contributed by atoms with Gasteiger partial charge in [0.2, 0.25) is 0 Å². The Morgan fingerprint density at radius 1 is 1.77 bits per heavy atom. The zero-order chi connectivity index (χ0) is 10.1. The van der Waals surface area contributed by atoms with E-state index in [0.717, 1.165) is 0 Å². The molecule has 1 aromatic rings. The number of aryl methyl sites for hydroxylation is 1. The Morgan fingerprint density at radius 3 is 2.77 bits per heavy atom. The van der Waals surface area contributed by atoms with E-state index in [-0.39, 0.29) is 5.69 Å². The number of hydrogen-bond donors (Lipinski definition) is 1. The van der Waals surface area contributed by atoms with Crippen LogP contribution in [-0.2, 0) is 18.3 Å². The molecule has 0 amide bonds. The Hall–Kier alpha value is -1.46. The fraction of sp³-hybridized carbons (Fsp3) is 0.429. The van der Waals surface area contributed by atoms with Crippen molar-refractivity contribution in [1.82, 2.24) is 9.55 Å². The van der Waals surface area contributed by atoms with E-state index in [9.17, 15) is 13.6 Å². The number of carbonyl (C=O) groups is 1. The fourth-order valence-corrected chi connectivity index (χ4v) is 0.858. The predicted octanol–water partition coefficient (Wildman–Crippen LogP) is 0.682. The van der Waals surface area contributed by atoms with Crippen molar-refractivity contribution >= 4 is 5.97 Å². The van der Waals surface area contributed by atoms with Gasteiger partial charge in [-0.25, -0.2) is 9.78 Å². The summed E-state index contributed by atoms with van der Waals surface area (Å²) in [7, 11) is 1.53. The van der Waals surface area contributed by atoms with Crippen molar-refractivity contribution in [3.63, 3.8) is 0 Å². The third kappa shape index (κ3) is 2.01. The highest BCUT2D eigenvalue weighted by atomic mass is 19.3. The molecule has 0 aliphatic carbocycles. The first kappa shape index (κ1) is 9.63. The van der Waals surface area contributed by atoms with Gasteiger partial charge in [0, 0.05) is 18.9 Å². The van der Waals surface area contributed by atoms with Crippen molar-refractivity contribution in [3.8, 4) is 0 Å². The minimum Gasteiger partial charge on any atom is -0.477 e. The molecule has 1 heterocycles.